The van der Waals surface area contributed by atoms with Crippen molar-refractivity contribution < 1.29 is 14.3 Å². The first-order valence-corrected chi connectivity index (χ1v) is 9.73. The summed E-state index contributed by atoms with van der Waals surface area (Å²) in [6.07, 6.45) is 6.10. The summed E-state index contributed by atoms with van der Waals surface area (Å²) in [4.78, 5) is 23.7. The first kappa shape index (κ1) is 16.3. The molecular weight excluding hydrogens is 368 g/mol. The molecule has 1 aromatic carbocycles. The molecule has 0 heterocycles. The summed E-state index contributed by atoms with van der Waals surface area (Å²) in [5, 5.41) is 0. The lowest BCUT2D eigenvalue weighted by atomic mass is 9.55. The highest BCUT2D eigenvalue weighted by molar-refractivity contribution is 9.10. The lowest BCUT2D eigenvalue weighted by molar-refractivity contribution is -0.132. The van der Waals surface area contributed by atoms with Crippen LogP contribution in [0.15, 0.2) is 16.6 Å². The van der Waals surface area contributed by atoms with Gasteiger partial charge in [-0.1, -0.05) is 6.92 Å². The Balaban J connectivity index is 1.69. The van der Waals surface area contributed by atoms with E-state index in [0.717, 1.165) is 43.0 Å². The third-order valence-electron chi connectivity index (χ3n) is 6.74. The molecule has 4 rings (SSSR count). The van der Waals surface area contributed by atoms with E-state index in [0.29, 0.717) is 29.3 Å². The molecule has 4 heteroatoms. The van der Waals surface area contributed by atoms with Gasteiger partial charge in [-0.05, 0) is 89.0 Å². The fourth-order valence-corrected chi connectivity index (χ4v) is 6.02. The summed E-state index contributed by atoms with van der Waals surface area (Å²) < 4.78 is 6.17. The Morgan fingerprint density at radius 3 is 2.79 bits per heavy atom. The number of fused-ring (bicyclic) bond motifs is 5. The molecule has 0 spiro atoms. The van der Waals surface area contributed by atoms with Gasteiger partial charge in [-0.25, -0.2) is 0 Å². The van der Waals surface area contributed by atoms with Gasteiger partial charge in [-0.3, -0.25) is 9.59 Å². The number of hydrogen-bond donors (Lipinski definition) is 0. The van der Waals surface area contributed by atoms with Crippen LogP contribution in [0.4, 0.5) is 0 Å². The van der Waals surface area contributed by atoms with Crippen LogP contribution in [0.3, 0.4) is 0 Å². The van der Waals surface area contributed by atoms with Gasteiger partial charge in [0, 0.05) is 18.8 Å². The minimum Gasteiger partial charge on any atom is -0.426 e. The predicted octanol–water partition coefficient (Wildman–Crippen LogP) is 4.80. The fourth-order valence-electron chi connectivity index (χ4n) is 5.58. The summed E-state index contributed by atoms with van der Waals surface area (Å²) in [7, 11) is 0. The highest BCUT2D eigenvalue weighted by atomic mass is 79.9. The van der Waals surface area contributed by atoms with Crippen LogP contribution in [0, 0.1) is 17.3 Å². The van der Waals surface area contributed by atoms with E-state index in [1.807, 2.05) is 6.07 Å². The number of esters is 1. The molecule has 2 fully saturated rings. The molecule has 3 aliphatic rings. The van der Waals surface area contributed by atoms with Crippen molar-refractivity contribution >= 4 is 27.7 Å². The van der Waals surface area contributed by atoms with Gasteiger partial charge >= 0.3 is 5.97 Å². The van der Waals surface area contributed by atoms with Crippen molar-refractivity contribution in [3.05, 3.63) is 27.7 Å². The molecule has 3 nitrogen and oxygen atoms in total. The summed E-state index contributed by atoms with van der Waals surface area (Å²) in [5.74, 6) is 2.53. The van der Waals surface area contributed by atoms with Crippen molar-refractivity contribution in [1.82, 2.24) is 0 Å². The molecule has 0 bridgehead atoms. The van der Waals surface area contributed by atoms with Crippen molar-refractivity contribution in [1.29, 1.82) is 0 Å². The summed E-state index contributed by atoms with van der Waals surface area (Å²) in [5.41, 5.74) is 2.63. The number of ether oxygens (including phenoxy) is 1. The zero-order chi connectivity index (χ0) is 17.1. The molecule has 4 atom stereocenters. The number of ketones is 1. The van der Waals surface area contributed by atoms with E-state index in [2.05, 4.69) is 28.9 Å². The molecule has 2 unspecified atom stereocenters. The van der Waals surface area contributed by atoms with Crippen molar-refractivity contribution in [2.45, 2.75) is 58.3 Å². The number of benzene rings is 1. The number of carbonyl (C=O) groups is 2. The third-order valence-corrected chi connectivity index (χ3v) is 7.36. The van der Waals surface area contributed by atoms with E-state index in [9.17, 15) is 9.59 Å². The second-order valence-electron chi connectivity index (χ2n) is 7.91. The Labute approximate surface area is 151 Å². The SMILES string of the molecule is CC(=O)Oc1cc2c(cc1Br)[C@H]1CCC3(C)C(=O)CC[C@H]3C1CC2. The van der Waals surface area contributed by atoms with Crippen LogP contribution in [0.5, 0.6) is 5.75 Å². The largest absolute Gasteiger partial charge is 0.426 e. The molecule has 24 heavy (non-hydrogen) atoms. The molecule has 2 saturated carbocycles. The molecular formula is C20H23BrO3. The van der Waals surface area contributed by atoms with Crippen LogP contribution in [0.25, 0.3) is 0 Å². The first-order valence-electron chi connectivity index (χ1n) is 8.94. The van der Waals surface area contributed by atoms with Crippen LogP contribution in [-0.2, 0) is 16.0 Å². The topological polar surface area (TPSA) is 43.4 Å². The Kier molecular flexibility index (Phi) is 3.87. The van der Waals surface area contributed by atoms with E-state index in [1.54, 1.807) is 0 Å². The number of aryl methyl sites for hydroxylation is 1. The molecule has 0 aromatic heterocycles. The Hall–Kier alpha value is -1.16. The zero-order valence-corrected chi connectivity index (χ0v) is 15.8. The molecule has 3 aliphatic carbocycles. The summed E-state index contributed by atoms with van der Waals surface area (Å²) in [6, 6.07) is 4.19. The zero-order valence-electron chi connectivity index (χ0n) is 14.2. The molecule has 0 amide bonds. The van der Waals surface area contributed by atoms with Crippen molar-refractivity contribution in [3.63, 3.8) is 0 Å². The van der Waals surface area contributed by atoms with Gasteiger partial charge in [0.1, 0.15) is 11.5 Å². The lowest BCUT2D eigenvalue weighted by Gasteiger charge is -2.48. The van der Waals surface area contributed by atoms with E-state index in [-0.39, 0.29) is 11.4 Å². The third kappa shape index (κ3) is 2.37. The second kappa shape index (κ2) is 5.69. The van der Waals surface area contributed by atoms with Crippen LogP contribution in [-0.4, -0.2) is 11.8 Å². The van der Waals surface area contributed by atoms with Gasteiger partial charge in [0.15, 0.2) is 0 Å². The molecule has 0 aliphatic heterocycles. The molecule has 0 N–H and O–H groups in total. The van der Waals surface area contributed by atoms with Crippen LogP contribution < -0.4 is 4.74 Å². The van der Waals surface area contributed by atoms with Gasteiger partial charge in [-0.2, -0.15) is 0 Å². The van der Waals surface area contributed by atoms with Crippen LogP contribution in [0.1, 0.15) is 63.0 Å². The molecule has 128 valence electrons. The van der Waals surface area contributed by atoms with E-state index < -0.39 is 0 Å². The van der Waals surface area contributed by atoms with Crippen molar-refractivity contribution in [2.24, 2.45) is 17.3 Å². The Bertz CT molecular complexity index is 726. The van der Waals surface area contributed by atoms with Crippen LogP contribution in [0.2, 0.25) is 0 Å². The number of Topliss-reactive ketones (excluding diaryl/α,β-unsaturated/α-hetero) is 1. The van der Waals surface area contributed by atoms with Gasteiger partial charge in [0.25, 0.3) is 0 Å². The lowest BCUT2D eigenvalue weighted by Crippen LogP contribution is -2.42. The van der Waals surface area contributed by atoms with Gasteiger partial charge in [0.2, 0.25) is 0 Å². The van der Waals surface area contributed by atoms with Gasteiger partial charge < -0.3 is 4.74 Å². The number of halogens is 1. The maximum absolute atomic E-state index is 12.4. The number of carbonyl (C=O) groups excluding carboxylic acids is 2. The molecule has 0 radical (unpaired) electrons. The Morgan fingerprint density at radius 1 is 1.25 bits per heavy atom. The Morgan fingerprint density at radius 2 is 2.04 bits per heavy atom. The minimum absolute atomic E-state index is 0.0758. The monoisotopic (exact) mass is 390 g/mol. The van der Waals surface area contributed by atoms with Crippen molar-refractivity contribution in [2.75, 3.05) is 0 Å². The van der Waals surface area contributed by atoms with E-state index >= 15 is 0 Å². The quantitative estimate of drug-likeness (QED) is 0.510. The maximum Gasteiger partial charge on any atom is 0.308 e. The molecule has 1 aromatic rings. The smallest absolute Gasteiger partial charge is 0.308 e. The maximum atomic E-state index is 12.4. The number of rotatable bonds is 1. The molecule has 0 saturated heterocycles. The van der Waals surface area contributed by atoms with Crippen molar-refractivity contribution in [3.8, 4) is 5.75 Å². The fraction of sp³-hybridized carbons (Fsp3) is 0.600. The minimum atomic E-state index is -0.290. The van der Waals surface area contributed by atoms with Crippen LogP contribution >= 0.6 is 15.9 Å². The van der Waals surface area contributed by atoms with Gasteiger partial charge in [-0.15, -0.1) is 0 Å². The predicted molar refractivity (Wildman–Crippen MR) is 95.1 cm³/mol. The normalized spacial score (nSPS) is 34.3. The van der Waals surface area contributed by atoms with E-state index in [4.69, 9.17) is 4.74 Å². The van der Waals surface area contributed by atoms with Gasteiger partial charge in [0.05, 0.1) is 4.47 Å². The first-order chi connectivity index (χ1) is 11.4. The number of hydrogen-bond acceptors (Lipinski definition) is 3. The average Bonchev–Trinajstić information content (AvgIpc) is 2.83. The second-order valence-corrected chi connectivity index (χ2v) is 8.76. The average molecular weight is 391 g/mol. The standard InChI is InChI=1S/C20H23BrO3/c1-11(22)24-18-9-12-3-4-14-13(15(12)10-17(18)21)7-8-20(2)16(14)5-6-19(20)23/h9-10,13-14,16H,3-8H2,1-2H3/t13-,14?,16-,20?/m0/s1. The summed E-state index contributed by atoms with van der Waals surface area (Å²) in [6.45, 7) is 3.64. The highest BCUT2D eigenvalue weighted by Gasteiger charge is 2.54. The summed E-state index contributed by atoms with van der Waals surface area (Å²) >= 11 is 3.57. The van der Waals surface area contributed by atoms with E-state index in [1.165, 1.54) is 18.1 Å². The highest BCUT2D eigenvalue weighted by Crippen LogP contribution is 2.59.